The van der Waals surface area contributed by atoms with Crippen molar-refractivity contribution < 1.29 is 4.74 Å². The van der Waals surface area contributed by atoms with Crippen molar-refractivity contribution in [2.24, 2.45) is 11.1 Å². The molecular formula is C16H28N2O. The molecule has 0 spiro atoms. The van der Waals surface area contributed by atoms with Crippen molar-refractivity contribution in [1.29, 1.82) is 0 Å². The SMILES string of the molecule is CC(C)(C)CCOc1cc(CN)cc(C(C)(C)C)n1. The summed E-state index contributed by atoms with van der Waals surface area (Å²) in [5.41, 5.74) is 8.13. The summed E-state index contributed by atoms with van der Waals surface area (Å²) in [5, 5.41) is 0. The lowest BCUT2D eigenvalue weighted by Gasteiger charge is -2.21. The molecule has 3 heteroatoms. The second-order valence-electron chi connectivity index (χ2n) is 7.31. The van der Waals surface area contributed by atoms with E-state index in [1.807, 2.05) is 6.07 Å². The Labute approximate surface area is 117 Å². The molecule has 0 amide bonds. The molecule has 0 atom stereocenters. The summed E-state index contributed by atoms with van der Waals surface area (Å²) < 4.78 is 5.79. The second-order valence-corrected chi connectivity index (χ2v) is 7.31. The first-order valence-electron chi connectivity index (χ1n) is 6.96. The number of aromatic nitrogens is 1. The normalized spacial score (nSPS) is 12.6. The zero-order valence-corrected chi connectivity index (χ0v) is 13.2. The van der Waals surface area contributed by atoms with Gasteiger partial charge in [0.05, 0.1) is 12.3 Å². The molecule has 0 aliphatic carbocycles. The summed E-state index contributed by atoms with van der Waals surface area (Å²) in [6, 6.07) is 4.01. The Morgan fingerprint density at radius 1 is 1.11 bits per heavy atom. The summed E-state index contributed by atoms with van der Waals surface area (Å²) >= 11 is 0. The van der Waals surface area contributed by atoms with Gasteiger partial charge in [-0.25, -0.2) is 4.98 Å². The van der Waals surface area contributed by atoms with E-state index in [0.717, 1.165) is 17.7 Å². The molecule has 0 saturated carbocycles. The van der Waals surface area contributed by atoms with Gasteiger partial charge in [-0.3, -0.25) is 0 Å². The molecule has 0 aliphatic heterocycles. The fourth-order valence-electron chi connectivity index (χ4n) is 1.60. The molecule has 19 heavy (non-hydrogen) atoms. The lowest BCUT2D eigenvalue weighted by atomic mass is 9.91. The summed E-state index contributed by atoms with van der Waals surface area (Å²) in [6.07, 6.45) is 1.01. The van der Waals surface area contributed by atoms with E-state index in [0.29, 0.717) is 19.0 Å². The van der Waals surface area contributed by atoms with Crippen LogP contribution in [0.1, 0.15) is 59.2 Å². The highest BCUT2D eigenvalue weighted by molar-refractivity contribution is 5.28. The molecule has 1 rings (SSSR count). The standard InChI is InChI=1S/C16H28N2O/c1-15(2,3)7-8-19-14-10-12(11-17)9-13(18-14)16(4,5)6/h9-10H,7-8,11,17H2,1-6H3. The molecule has 3 nitrogen and oxygen atoms in total. The van der Waals surface area contributed by atoms with E-state index in [1.165, 1.54) is 0 Å². The Kier molecular flexibility index (Phi) is 4.97. The topological polar surface area (TPSA) is 48.1 Å². The lowest BCUT2D eigenvalue weighted by molar-refractivity contribution is 0.235. The van der Waals surface area contributed by atoms with E-state index in [9.17, 15) is 0 Å². The monoisotopic (exact) mass is 264 g/mol. The van der Waals surface area contributed by atoms with Crippen LogP contribution in [0.5, 0.6) is 5.88 Å². The number of hydrogen-bond acceptors (Lipinski definition) is 3. The van der Waals surface area contributed by atoms with Crippen LogP contribution in [0.15, 0.2) is 12.1 Å². The summed E-state index contributed by atoms with van der Waals surface area (Å²) in [5.74, 6) is 0.692. The van der Waals surface area contributed by atoms with Gasteiger partial charge in [0.1, 0.15) is 0 Å². The minimum absolute atomic E-state index is 0.00726. The number of nitrogens with zero attached hydrogens (tertiary/aromatic N) is 1. The molecule has 0 aliphatic rings. The third kappa shape index (κ3) is 5.60. The average molecular weight is 264 g/mol. The van der Waals surface area contributed by atoms with Crippen molar-refractivity contribution in [2.45, 2.75) is 59.9 Å². The molecule has 0 bridgehead atoms. The van der Waals surface area contributed by atoms with E-state index in [-0.39, 0.29) is 10.8 Å². The second kappa shape index (κ2) is 5.91. The van der Waals surface area contributed by atoms with Crippen LogP contribution in [0.2, 0.25) is 0 Å². The zero-order chi connectivity index (χ0) is 14.7. The van der Waals surface area contributed by atoms with Gasteiger partial charge in [0, 0.05) is 18.0 Å². The van der Waals surface area contributed by atoms with Crippen LogP contribution >= 0.6 is 0 Å². The molecule has 1 heterocycles. The van der Waals surface area contributed by atoms with Gasteiger partial charge in [-0.2, -0.15) is 0 Å². The van der Waals surface area contributed by atoms with Crippen LogP contribution in [-0.4, -0.2) is 11.6 Å². The minimum Gasteiger partial charge on any atom is -0.478 e. The number of pyridine rings is 1. The van der Waals surface area contributed by atoms with Gasteiger partial charge < -0.3 is 10.5 Å². The molecule has 0 aromatic carbocycles. The Morgan fingerprint density at radius 2 is 1.74 bits per heavy atom. The van der Waals surface area contributed by atoms with E-state index in [2.05, 4.69) is 52.6 Å². The molecule has 0 saturated heterocycles. The Bertz CT molecular complexity index is 414. The van der Waals surface area contributed by atoms with Crippen LogP contribution < -0.4 is 10.5 Å². The molecular weight excluding hydrogens is 236 g/mol. The van der Waals surface area contributed by atoms with Crippen molar-refractivity contribution in [1.82, 2.24) is 4.98 Å². The first-order chi connectivity index (χ1) is 8.62. The average Bonchev–Trinajstić information content (AvgIpc) is 2.25. The predicted molar refractivity (Wildman–Crippen MR) is 80.4 cm³/mol. The largest absolute Gasteiger partial charge is 0.478 e. The lowest BCUT2D eigenvalue weighted by Crippen LogP contribution is -2.16. The highest BCUT2D eigenvalue weighted by Crippen LogP contribution is 2.25. The Hall–Kier alpha value is -1.09. The first-order valence-corrected chi connectivity index (χ1v) is 6.96. The van der Waals surface area contributed by atoms with Crippen LogP contribution in [0, 0.1) is 5.41 Å². The Balaban J connectivity index is 2.83. The number of hydrogen-bond donors (Lipinski definition) is 1. The van der Waals surface area contributed by atoms with Crippen LogP contribution in [0.4, 0.5) is 0 Å². The van der Waals surface area contributed by atoms with Crippen molar-refractivity contribution >= 4 is 0 Å². The molecule has 0 fully saturated rings. The highest BCUT2D eigenvalue weighted by Gasteiger charge is 2.18. The van der Waals surface area contributed by atoms with Gasteiger partial charge in [-0.05, 0) is 23.5 Å². The first kappa shape index (κ1) is 16.0. The van der Waals surface area contributed by atoms with E-state index < -0.39 is 0 Å². The maximum Gasteiger partial charge on any atom is 0.213 e. The van der Waals surface area contributed by atoms with Gasteiger partial charge in [-0.15, -0.1) is 0 Å². The van der Waals surface area contributed by atoms with Gasteiger partial charge in [-0.1, -0.05) is 41.5 Å². The smallest absolute Gasteiger partial charge is 0.213 e. The van der Waals surface area contributed by atoms with Crippen molar-refractivity contribution in [3.8, 4) is 5.88 Å². The highest BCUT2D eigenvalue weighted by atomic mass is 16.5. The van der Waals surface area contributed by atoms with E-state index >= 15 is 0 Å². The molecule has 1 aromatic heterocycles. The quantitative estimate of drug-likeness (QED) is 0.903. The van der Waals surface area contributed by atoms with Gasteiger partial charge >= 0.3 is 0 Å². The Morgan fingerprint density at radius 3 is 2.21 bits per heavy atom. The minimum atomic E-state index is 0.00726. The van der Waals surface area contributed by atoms with Crippen LogP contribution in [0.3, 0.4) is 0 Å². The molecule has 108 valence electrons. The fourth-order valence-corrected chi connectivity index (χ4v) is 1.60. The third-order valence-corrected chi connectivity index (χ3v) is 2.97. The van der Waals surface area contributed by atoms with Crippen molar-refractivity contribution in [2.75, 3.05) is 6.61 Å². The maximum atomic E-state index is 5.79. The molecule has 0 unspecified atom stereocenters. The maximum absolute atomic E-state index is 5.79. The molecule has 1 aromatic rings. The summed E-state index contributed by atoms with van der Waals surface area (Å²) in [6.45, 7) is 14.3. The van der Waals surface area contributed by atoms with Crippen LogP contribution in [-0.2, 0) is 12.0 Å². The van der Waals surface area contributed by atoms with Crippen LogP contribution in [0.25, 0.3) is 0 Å². The predicted octanol–water partition coefficient (Wildman–Crippen LogP) is 3.65. The number of rotatable bonds is 4. The number of nitrogens with two attached hydrogens (primary N) is 1. The molecule has 2 N–H and O–H groups in total. The van der Waals surface area contributed by atoms with Gasteiger partial charge in [0.2, 0.25) is 5.88 Å². The van der Waals surface area contributed by atoms with Gasteiger partial charge in [0.15, 0.2) is 0 Å². The third-order valence-electron chi connectivity index (χ3n) is 2.97. The summed E-state index contributed by atoms with van der Waals surface area (Å²) in [7, 11) is 0. The van der Waals surface area contributed by atoms with Gasteiger partial charge in [0.25, 0.3) is 0 Å². The van der Waals surface area contributed by atoms with Crippen molar-refractivity contribution in [3.63, 3.8) is 0 Å². The zero-order valence-electron chi connectivity index (χ0n) is 13.2. The van der Waals surface area contributed by atoms with E-state index in [4.69, 9.17) is 10.5 Å². The fraction of sp³-hybridized carbons (Fsp3) is 0.688. The van der Waals surface area contributed by atoms with E-state index in [1.54, 1.807) is 0 Å². The summed E-state index contributed by atoms with van der Waals surface area (Å²) in [4.78, 5) is 4.59. The molecule has 0 radical (unpaired) electrons. The van der Waals surface area contributed by atoms with Crippen molar-refractivity contribution in [3.05, 3.63) is 23.4 Å². The number of ether oxygens (including phenoxy) is 1.